The average Bonchev–Trinajstić information content (AvgIpc) is 2.16. The van der Waals surface area contributed by atoms with Crippen molar-refractivity contribution in [2.75, 3.05) is 7.11 Å². The first-order valence-electron chi connectivity index (χ1n) is 5.15. The van der Waals surface area contributed by atoms with E-state index < -0.39 is 8.32 Å². The second kappa shape index (κ2) is 4.58. The highest BCUT2D eigenvalue weighted by Gasteiger charge is 2.19. The molecule has 0 fully saturated rings. The summed E-state index contributed by atoms with van der Waals surface area (Å²) in [6.07, 6.45) is 0. The van der Waals surface area contributed by atoms with Crippen LogP contribution in [0.1, 0.15) is 11.1 Å². The molecule has 4 heteroatoms. The summed E-state index contributed by atoms with van der Waals surface area (Å²) >= 11 is 0. The van der Waals surface area contributed by atoms with E-state index in [2.05, 4.69) is 25.7 Å². The molecule has 0 unspecified atom stereocenters. The van der Waals surface area contributed by atoms with Crippen LogP contribution in [0.4, 0.5) is 0 Å². The van der Waals surface area contributed by atoms with Gasteiger partial charge in [0.05, 0.1) is 18.7 Å². The smallest absolute Gasteiger partial charge is 0.242 e. The van der Waals surface area contributed by atoms with Crippen LogP contribution in [-0.2, 0) is 0 Å². The van der Waals surface area contributed by atoms with Crippen molar-refractivity contribution in [1.82, 2.24) is 0 Å². The van der Waals surface area contributed by atoms with E-state index in [0.29, 0.717) is 11.3 Å². The van der Waals surface area contributed by atoms with E-state index in [-0.39, 0.29) is 0 Å². The number of methoxy groups -OCH3 is 1. The van der Waals surface area contributed by atoms with Crippen molar-refractivity contribution in [2.45, 2.75) is 26.6 Å². The molecule has 0 heterocycles. The van der Waals surface area contributed by atoms with Gasteiger partial charge in [0.2, 0.25) is 8.32 Å². The molecule has 0 aliphatic rings. The fraction of sp³-hybridized carbons (Fsp3) is 0.417. The lowest BCUT2D eigenvalue weighted by Gasteiger charge is -2.21. The van der Waals surface area contributed by atoms with Gasteiger partial charge in [0.15, 0.2) is 5.75 Å². The van der Waals surface area contributed by atoms with Gasteiger partial charge in [0.25, 0.3) is 0 Å². The molecule has 0 radical (unpaired) electrons. The third-order valence-electron chi connectivity index (χ3n) is 2.05. The molecule has 1 rings (SSSR count). The molecule has 1 aromatic rings. The van der Waals surface area contributed by atoms with E-state index >= 15 is 0 Å². The molecule has 86 valence electrons. The van der Waals surface area contributed by atoms with Crippen molar-refractivity contribution in [3.05, 3.63) is 23.3 Å². The number of hydrogen-bond acceptors (Lipinski definition) is 3. The summed E-state index contributed by atoms with van der Waals surface area (Å²) in [5.74, 6) is 1.36. The van der Waals surface area contributed by atoms with E-state index in [1.807, 2.05) is 13.0 Å². The number of hydrogen-bond donors (Lipinski definition) is 0. The lowest BCUT2D eigenvalue weighted by molar-refractivity contribution is 0.392. The van der Waals surface area contributed by atoms with Crippen LogP contribution in [0.3, 0.4) is 0 Å². The third kappa shape index (κ3) is 3.01. The molecular formula is C12H17NO2Si. The van der Waals surface area contributed by atoms with Gasteiger partial charge >= 0.3 is 0 Å². The van der Waals surface area contributed by atoms with Crippen LogP contribution in [0.15, 0.2) is 12.1 Å². The monoisotopic (exact) mass is 235 g/mol. The maximum absolute atomic E-state index is 8.92. The predicted molar refractivity (Wildman–Crippen MR) is 66.4 cm³/mol. The summed E-state index contributed by atoms with van der Waals surface area (Å²) in [7, 11) is -0.0729. The number of nitriles is 1. The van der Waals surface area contributed by atoms with Crippen LogP contribution in [0.5, 0.6) is 11.5 Å². The van der Waals surface area contributed by atoms with E-state index in [1.165, 1.54) is 0 Å². The zero-order valence-electron chi connectivity index (χ0n) is 10.4. The zero-order chi connectivity index (χ0) is 12.3. The Balaban J connectivity index is 3.20. The first-order chi connectivity index (χ1) is 7.37. The van der Waals surface area contributed by atoms with E-state index in [4.69, 9.17) is 14.4 Å². The molecule has 0 amide bonds. The molecule has 0 N–H and O–H groups in total. The molecule has 3 nitrogen and oxygen atoms in total. The molecule has 0 atom stereocenters. The van der Waals surface area contributed by atoms with Crippen molar-refractivity contribution < 1.29 is 9.16 Å². The van der Waals surface area contributed by atoms with Crippen LogP contribution >= 0.6 is 0 Å². The Kier molecular flexibility index (Phi) is 3.61. The minimum atomic E-state index is -1.66. The van der Waals surface area contributed by atoms with Gasteiger partial charge in [0, 0.05) is 6.07 Å². The van der Waals surface area contributed by atoms with Gasteiger partial charge < -0.3 is 9.16 Å². The van der Waals surface area contributed by atoms with Gasteiger partial charge in [-0.15, -0.1) is 0 Å². The molecule has 0 saturated carbocycles. The van der Waals surface area contributed by atoms with E-state index in [0.717, 1.165) is 11.3 Å². The fourth-order valence-electron chi connectivity index (χ4n) is 1.35. The third-order valence-corrected chi connectivity index (χ3v) is 2.88. The summed E-state index contributed by atoms with van der Waals surface area (Å²) in [5.41, 5.74) is 1.54. The summed E-state index contributed by atoms with van der Waals surface area (Å²) < 4.78 is 11.1. The number of nitrogens with zero attached hydrogens (tertiary/aromatic N) is 1. The first kappa shape index (κ1) is 12.6. The minimum absolute atomic E-state index is 0.625. The van der Waals surface area contributed by atoms with Crippen molar-refractivity contribution >= 4 is 8.32 Å². The SMILES string of the molecule is COc1cc(C#N)c(C)cc1O[Si](C)(C)C. The Bertz CT molecular complexity index is 430. The van der Waals surface area contributed by atoms with E-state index in [1.54, 1.807) is 13.2 Å². The second-order valence-electron chi connectivity index (χ2n) is 4.64. The quantitative estimate of drug-likeness (QED) is 0.756. The molecule has 0 aromatic heterocycles. The Morgan fingerprint density at radius 1 is 1.19 bits per heavy atom. The highest BCUT2D eigenvalue weighted by molar-refractivity contribution is 6.70. The van der Waals surface area contributed by atoms with Gasteiger partial charge in [0.1, 0.15) is 5.75 Å². The zero-order valence-corrected chi connectivity index (χ0v) is 11.4. The van der Waals surface area contributed by atoms with Crippen molar-refractivity contribution in [1.29, 1.82) is 5.26 Å². The van der Waals surface area contributed by atoms with E-state index in [9.17, 15) is 0 Å². The van der Waals surface area contributed by atoms with Crippen LogP contribution in [0, 0.1) is 18.3 Å². The summed E-state index contributed by atoms with van der Waals surface area (Å²) in [6.45, 7) is 8.23. The summed E-state index contributed by atoms with van der Waals surface area (Å²) in [6, 6.07) is 5.73. The normalized spacial score (nSPS) is 10.8. The molecule has 1 aromatic carbocycles. The fourth-order valence-corrected chi connectivity index (χ4v) is 2.17. The van der Waals surface area contributed by atoms with Crippen molar-refractivity contribution in [3.63, 3.8) is 0 Å². The molecule has 0 aliphatic heterocycles. The highest BCUT2D eigenvalue weighted by atomic mass is 28.4. The maximum atomic E-state index is 8.92. The first-order valence-corrected chi connectivity index (χ1v) is 8.56. The van der Waals surface area contributed by atoms with Gasteiger partial charge in [-0.2, -0.15) is 5.26 Å². The van der Waals surface area contributed by atoms with Gasteiger partial charge in [-0.25, -0.2) is 0 Å². The highest BCUT2D eigenvalue weighted by Crippen LogP contribution is 2.32. The van der Waals surface area contributed by atoms with Crippen molar-refractivity contribution in [2.24, 2.45) is 0 Å². The van der Waals surface area contributed by atoms with Gasteiger partial charge in [-0.05, 0) is 38.2 Å². The Hall–Kier alpha value is -1.47. The predicted octanol–water partition coefficient (Wildman–Crippen LogP) is 3.09. The van der Waals surface area contributed by atoms with Gasteiger partial charge in [-0.1, -0.05) is 0 Å². The number of rotatable bonds is 3. The molecule has 16 heavy (non-hydrogen) atoms. The van der Waals surface area contributed by atoms with Crippen LogP contribution in [-0.4, -0.2) is 15.4 Å². The summed E-state index contributed by atoms with van der Waals surface area (Å²) in [4.78, 5) is 0. The topological polar surface area (TPSA) is 42.2 Å². The lowest BCUT2D eigenvalue weighted by atomic mass is 10.1. The Labute approximate surface area is 97.7 Å². The molecule has 0 saturated heterocycles. The molecule has 0 spiro atoms. The molecule has 0 aliphatic carbocycles. The standard InChI is InChI=1S/C12H17NO2Si/c1-9-6-12(15-16(3,4)5)11(14-2)7-10(9)8-13/h6-7H,1-5H3. The average molecular weight is 235 g/mol. The molecular weight excluding hydrogens is 218 g/mol. The minimum Gasteiger partial charge on any atom is -0.542 e. The van der Waals surface area contributed by atoms with Crippen LogP contribution in [0.25, 0.3) is 0 Å². The van der Waals surface area contributed by atoms with Crippen LogP contribution in [0.2, 0.25) is 19.6 Å². The second-order valence-corrected chi connectivity index (χ2v) is 9.07. The Morgan fingerprint density at radius 3 is 2.25 bits per heavy atom. The largest absolute Gasteiger partial charge is 0.542 e. The molecule has 0 bridgehead atoms. The Morgan fingerprint density at radius 2 is 1.81 bits per heavy atom. The number of aryl methyl sites for hydroxylation is 1. The number of benzene rings is 1. The van der Waals surface area contributed by atoms with Gasteiger partial charge in [-0.3, -0.25) is 0 Å². The number of ether oxygens (including phenoxy) is 1. The summed E-state index contributed by atoms with van der Waals surface area (Å²) in [5, 5.41) is 8.92. The van der Waals surface area contributed by atoms with Crippen molar-refractivity contribution in [3.8, 4) is 17.6 Å². The maximum Gasteiger partial charge on any atom is 0.242 e. The lowest BCUT2D eigenvalue weighted by Crippen LogP contribution is -2.29. The van der Waals surface area contributed by atoms with Crippen LogP contribution < -0.4 is 9.16 Å².